The number of hydrogen-bond donors (Lipinski definition) is 0. The van der Waals surface area contributed by atoms with Crippen molar-refractivity contribution in [2.45, 2.75) is 18.9 Å². The maximum absolute atomic E-state index is 12.9. The fraction of sp³-hybridized carbons (Fsp3) is 0.278. The van der Waals surface area contributed by atoms with Gasteiger partial charge in [0.05, 0.1) is 22.1 Å². The monoisotopic (exact) mass is 413 g/mol. The van der Waals surface area contributed by atoms with Gasteiger partial charge in [0.15, 0.2) is 0 Å². The lowest BCUT2D eigenvalue weighted by atomic mass is 10.1. The molecular weight excluding hydrogens is 398 g/mol. The number of likely N-dealkylation sites (tertiary alicyclic amines) is 1. The number of aromatic nitrogens is 4. The van der Waals surface area contributed by atoms with Gasteiger partial charge in [-0.1, -0.05) is 0 Å². The Morgan fingerprint density at radius 1 is 1.12 bits per heavy atom. The molecule has 7 nitrogen and oxygen atoms in total. The maximum atomic E-state index is 12.9. The van der Waals surface area contributed by atoms with Gasteiger partial charge in [-0.15, -0.1) is 0 Å². The second kappa shape index (κ2) is 7.33. The van der Waals surface area contributed by atoms with E-state index >= 15 is 0 Å². The number of nitrogens with zero attached hydrogens (tertiary/aromatic N) is 5. The Hall–Kier alpha value is -2.61. The van der Waals surface area contributed by atoms with Crippen molar-refractivity contribution in [3.63, 3.8) is 0 Å². The molecule has 0 aliphatic carbocycles. The molecular formula is C18H16BrN5O2. The molecule has 1 aromatic carbocycles. The molecule has 1 amide bonds. The highest BCUT2D eigenvalue weighted by molar-refractivity contribution is 9.10. The van der Waals surface area contributed by atoms with Crippen LogP contribution in [0.1, 0.15) is 23.2 Å². The summed E-state index contributed by atoms with van der Waals surface area (Å²) in [4.78, 5) is 31.5. The summed E-state index contributed by atoms with van der Waals surface area (Å²) in [6.45, 7) is 1.22. The fourth-order valence-corrected chi connectivity index (χ4v) is 3.21. The molecule has 8 heteroatoms. The Labute approximate surface area is 158 Å². The van der Waals surface area contributed by atoms with E-state index in [4.69, 9.17) is 4.74 Å². The van der Waals surface area contributed by atoms with Crippen LogP contribution < -0.4 is 4.74 Å². The van der Waals surface area contributed by atoms with E-state index in [0.29, 0.717) is 30.2 Å². The number of halogens is 1. The van der Waals surface area contributed by atoms with Gasteiger partial charge in [-0.25, -0.2) is 9.97 Å². The average molecular weight is 414 g/mol. The zero-order valence-electron chi connectivity index (χ0n) is 13.9. The van der Waals surface area contributed by atoms with E-state index < -0.39 is 0 Å². The summed E-state index contributed by atoms with van der Waals surface area (Å²) >= 11 is 3.30. The molecule has 1 saturated heterocycles. The van der Waals surface area contributed by atoms with Gasteiger partial charge in [0, 0.05) is 36.9 Å². The molecule has 1 fully saturated rings. The van der Waals surface area contributed by atoms with Crippen LogP contribution in [0, 0.1) is 0 Å². The predicted molar refractivity (Wildman–Crippen MR) is 98.8 cm³/mol. The third-order valence-electron chi connectivity index (χ3n) is 4.25. The number of hydrogen-bond acceptors (Lipinski definition) is 6. The lowest BCUT2D eigenvalue weighted by molar-refractivity contribution is 0.0516. The van der Waals surface area contributed by atoms with Crippen LogP contribution in [0.5, 0.6) is 6.01 Å². The molecule has 0 bridgehead atoms. The molecule has 3 heterocycles. The highest BCUT2D eigenvalue weighted by Gasteiger charge is 2.26. The molecule has 0 saturated carbocycles. The topological polar surface area (TPSA) is 81.1 Å². The number of piperidine rings is 1. The van der Waals surface area contributed by atoms with Gasteiger partial charge in [-0.3, -0.25) is 14.8 Å². The van der Waals surface area contributed by atoms with Gasteiger partial charge < -0.3 is 9.64 Å². The summed E-state index contributed by atoms with van der Waals surface area (Å²) in [6.07, 6.45) is 8.18. The molecule has 26 heavy (non-hydrogen) atoms. The average Bonchev–Trinajstić information content (AvgIpc) is 2.69. The summed E-state index contributed by atoms with van der Waals surface area (Å²) in [7, 11) is 0. The van der Waals surface area contributed by atoms with E-state index in [2.05, 4.69) is 35.9 Å². The van der Waals surface area contributed by atoms with Crippen molar-refractivity contribution in [2.24, 2.45) is 0 Å². The third kappa shape index (κ3) is 3.65. The molecule has 1 atom stereocenters. The Kier molecular flexibility index (Phi) is 4.75. The quantitative estimate of drug-likeness (QED) is 0.656. The number of ether oxygens (including phenoxy) is 1. The molecule has 4 rings (SSSR count). The number of carbonyl (C=O) groups excluding carboxylic acids is 1. The van der Waals surface area contributed by atoms with Gasteiger partial charge in [0.25, 0.3) is 5.91 Å². The molecule has 1 aliphatic rings. The lowest BCUT2D eigenvalue weighted by Gasteiger charge is -2.32. The van der Waals surface area contributed by atoms with Crippen LogP contribution in [0.4, 0.5) is 0 Å². The van der Waals surface area contributed by atoms with E-state index in [-0.39, 0.29) is 12.0 Å². The van der Waals surface area contributed by atoms with Crippen molar-refractivity contribution in [3.8, 4) is 6.01 Å². The molecule has 2 aromatic heterocycles. The van der Waals surface area contributed by atoms with Gasteiger partial charge in [-0.05, 0) is 47.0 Å². The fourth-order valence-electron chi connectivity index (χ4n) is 3.01. The van der Waals surface area contributed by atoms with Crippen molar-refractivity contribution in [2.75, 3.05) is 13.1 Å². The lowest BCUT2D eigenvalue weighted by Crippen LogP contribution is -2.44. The van der Waals surface area contributed by atoms with Gasteiger partial charge in [0.2, 0.25) is 0 Å². The molecule has 0 radical (unpaired) electrons. The zero-order valence-corrected chi connectivity index (χ0v) is 15.5. The Morgan fingerprint density at radius 3 is 2.69 bits per heavy atom. The highest BCUT2D eigenvalue weighted by Crippen LogP contribution is 2.19. The van der Waals surface area contributed by atoms with Crippen LogP contribution in [0.3, 0.4) is 0 Å². The first-order chi connectivity index (χ1) is 12.7. The third-order valence-corrected chi connectivity index (χ3v) is 4.66. The first-order valence-electron chi connectivity index (χ1n) is 8.33. The summed E-state index contributed by atoms with van der Waals surface area (Å²) < 4.78 is 6.63. The second-order valence-corrected chi connectivity index (χ2v) is 6.99. The second-order valence-electron chi connectivity index (χ2n) is 6.08. The van der Waals surface area contributed by atoms with Crippen molar-refractivity contribution in [1.82, 2.24) is 24.8 Å². The van der Waals surface area contributed by atoms with E-state index in [1.165, 1.54) is 0 Å². The standard InChI is InChI=1S/C18H16BrN5O2/c19-13-9-22-18(23-10-13)26-14-2-1-7-24(11-14)17(25)12-3-4-15-16(8-12)21-6-5-20-15/h3-6,8-10,14H,1-2,7,11H2. The van der Waals surface area contributed by atoms with Crippen molar-refractivity contribution in [3.05, 3.63) is 53.0 Å². The van der Waals surface area contributed by atoms with Gasteiger partial charge >= 0.3 is 6.01 Å². The Morgan fingerprint density at radius 2 is 1.88 bits per heavy atom. The minimum Gasteiger partial charge on any atom is -0.458 e. The summed E-state index contributed by atoms with van der Waals surface area (Å²) in [5.74, 6) is -0.0254. The number of benzene rings is 1. The van der Waals surface area contributed by atoms with E-state index in [0.717, 1.165) is 22.8 Å². The van der Waals surface area contributed by atoms with Crippen LogP contribution in [0.25, 0.3) is 11.0 Å². The van der Waals surface area contributed by atoms with Crippen LogP contribution in [-0.2, 0) is 0 Å². The first kappa shape index (κ1) is 16.8. The molecule has 132 valence electrons. The number of amides is 1. The molecule has 1 aliphatic heterocycles. The highest BCUT2D eigenvalue weighted by atomic mass is 79.9. The van der Waals surface area contributed by atoms with Crippen LogP contribution in [0.2, 0.25) is 0 Å². The van der Waals surface area contributed by atoms with Crippen molar-refractivity contribution < 1.29 is 9.53 Å². The largest absolute Gasteiger partial charge is 0.458 e. The minimum absolute atomic E-state index is 0.0254. The minimum atomic E-state index is -0.117. The Balaban J connectivity index is 1.47. The van der Waals surface area contributed by atoms with E-state index in [9.17, 15) is 4.79 Å². The number of rotatable bonds is 3. The summed E-state index contributed by atoms with van der Waals surface area (Å²) in [5.41, 5.74) is 2.10. The van der Waals surface area contributed by atoms with Crippen LogP contribution in [-0.4, -0.2) is 49.9 Å². The Bertz CT molecular complexity index is 934. The van der Waals surface area contributed by atoms with E-state index in [1.807, 2.05) is 11.0 Å². The van der Waals surface area contributed by atoms with Crippen LogP contribution >= 0.6 is 15.9 Å². The zero-order chi connectivity index (χ0) is 17.9. The first-order valence-corrected chi connectivity index (χ1v) is 9.12. The van der Waals surface area contributed by atoms with Crippen molar-refractivity contribution >= 4 is 32.9 Å². The van der Waals surface area contributed by atoms with Gasteiger partial charge in [0.1, 0.15) is 6.10 Å². The number of carbonyl (C=O) groups is 1. The smallest absolute Gasteiger partial charge is 0.316 e. The summed E-state index contributed by atoms with van der Waals surface area (Å²) in [5, 5.41) is 0. The normalized spacial score (nSPS) is 17.3. The molecule has 3 aromatic rings. The molecule has 0 N–H and O–H groups in total. The summed E-state index contributed by atoms with van der Waals surface area (Å²) in [6, 6.07) is 5.73. The predicted octanol–water partition coefficient (Wildman–Crippen LogP) is 2.87. The van der Waals surface area contributed by atoms with E-state index in [1.54, 1.807) is 36.9 Å². The van der Waals surface area contributed by atoms with Crippen molar-refractivity contribution in [1.29, 1.82) is 0 Å². The molecule has 1 unspecified atom stereocenters. The molecule has 0 spiro atoms. The number of fused-ring (bicyclic) bond motifs is 1. The van der Waals surface area contributed by atoms with Gasteiger partial charge in [-0.2, -0.15) is 0 Å². The van der Waals surface area contributed by atoms with Crippen LogP contribution in [0.15, 0.2) is 47.5 Å². The SMILES string of the molecule is O=C(c1ccc2nccnc2c1)N1CCCC(Oc2ncc(Br)cn2)C1. The maximum Gasteiger partial charge on any atom is 0.316 e.